The fourth-order valence-corrected chi connectivity index (χ4v) is 4.21. The van der Waals surface area contributed by atoms with Crippen LogP contribution in [-0.4, -0.2) is 57.5 Å². The lowest BCUT2D eigenvalue weighted by Crippen LogP contribution is -2.40. The van der Waals surface area contributed by atoms with Crippen molar-refractivity contribution in [3.8, 4) is 0 Å². The van der Waals surface area contributed by atoms with Crippen LogP contribution in [0.4, 0.5) is 5.82 Å². The van der Waals surface area contributed by atoms with E-state index < -0.39 is 17.9 Å². The number of aromatic nitrogens is 3. The van der Waals surface area contributed by atoms with Gasteiger partial charge >= 0.3 is 5.97 Å². The molecule has 9 heteroatoms. The van der Waals surface area contributed by atoms with E-state index in [1.807, 2.05) is 6.07 Å². The number of carboxylic acid groups (broad SMARTS) is 1. The van der Waals surface area contributed by atoms with Crippen LogP contribution in [0.5, 0.6) is 0 Å². The number of pyridine rings is 1. The van der Waals surface area contributed by atoms with Crippen LogP contribution in [0.15, 0.2) is 36.5 Å². The van der Waals surface area contributed by atoms with Gasteiger partial charge in [-0.25, -0.2) is 9.78 Å². The molecule has 0 saturated carbocycles. The fraction of sp³-hybridized carbons (Fsp3) is 0.440. The molecular formula is C25H31N5O4. The van der Waals surface area contributed by atoms with Crippen LogP contribution in [0.1, 0.15) is 47.3 Å². The Morgan fingerprint density at radius 1 is 1.24 bits per heavy atom. The zero-order valence-corrected chi connectivity index (χ0v) is 19.4. The van der Waals surface area contributed by atoms with Crippen LogP contribution in [-0.2, 0) is 29.4 Å². The van der Waals surface area contributed by atoms with Gasteiger partial charge in [-0.1, -0.05) is 12.1 Å². The number of amides is 1. The molecule has 0 radical (unpaired) electrons. The minimum atomic E-state index is -1.04. The SMILES string of the molecule is Cn1ncc2c(C(=O)NC(CCCCOCCc3ccc4c(n3)NCCC4)C(=O)O)cccc21. The van der Waals surface area contributed by atoms with Crippen LogP contribution in [0, 0.1) is 0 Å². The lowest BCUT2D eigenvalue weighted by atomic mass is 10.1. The number of nitrogens with zero attached hydrogens (tertiary/aromatic N) is 3. The number of ether oxygens (including phenoxy) is 1. The first-order valence-electron chi connectivity index (χ1n) is 11.8. The molecule has 1 atom stereocenters. The zero-order valence-electron chi connectivity index (χ0n) is 19.4. The molecule has 3 aromatic rings. The standard InChI is InChI=1S/C25H31N5O4/c1-30-22-9-4-7-19(20(22)16-27-30)24(31)29-21(25(32)33)8-2-3-14-34-15-12-18-11-10-17-6-5-13-26-23(17)28-18/h4,7,9-11,16,21H,2-3,5-6,8,12-15H2,1H3,(H,26,28)(H,29,31)(H,32,33). The van der Waals surface area contributed by atoms with E-state index in [4.69, 9.17) is 4.74 Å². The summed E-state index contributed by atoms with van der Waals surface area (Å²) in [5, 5.41) is 20.4. The predicted octanol–water partition coefficient (Wildman–Crippen LogP) is 2.94. The van der Waals surface area contributed by atoms with Gasteiger partial charge in [-0.05, 0) is 55.9 Å². The average molecular weight is 466 g/mol. The third kappa shape index (κ3) is 5.72. The highest BCUT2D eigenvalue weighted by molar-refractivity contribution is 6.07. The predicted molar refractivity (Wildman–Crippen MR) is 129 cm³/mol. The number of carboxylic acids is 1. The van der Waals surface area contributed by atoms with Crippen molar-refractivity contribution in [2.75, 3.05) is 25.1 Å². The number of rotatable bonds is 11. The quantitative estimate of drug-likeness (QED) is 0.373. The maximum Gasteiger partial charge on any atom is 0.326 e. The minimum Gasteiger partial charge on any atom is -0.480 e. The first kappa shape index (κ1) is 23.7. The van der Waals surface area contributed by atoms with Gasteiger partial charge in [-0.2, -0.15) is 5.10 Å². The van der Waals surface area contributed by atoms with E-state index in [9.17, 15) is 14.7 Å². The summed E-state index contributed by atoms with van der Waals surface area (Å²) in [6, 6.07) is 8.56. The van der Waals surface area contributed by atoms with Crippen LogP contribution < -0.4 is 10.6 Å². The monoisotopic (exact) mass is 465 g/mol. The van der Waals surface area contributed by atoms with E-state index in [2.05, 4.69) is 32.8 Å². The van der Waals surface area contributed by atoms with E-state index in [-0.39, 0.29) is 0 Å². The molecule has 180 valence electrons. The first-order valence-corrected chi connectivity index (χ1v) is 11.8. The van der Waals surface area contributed by atoms with Crippen molar-refractivity contribution in [3.05, 3.63) is 53.3 Å². The molecule has 2 aromatic heterocycles. The molecule has 3 heterocycles. The van der Waals surface area contributed by atoms with Gasteiger partial charge in [0.25, 0.3) is 5.91 Å². The number of unbranched alkanes of at least 4 members (excludes halogenated alkanes) is 1. The van der Waals surface area contributed by atoms with Crippen molar-refractivity contribution in [3.63, 3.8) is 0 Å². The van der Waals surface area contributed by atoms with E-state index in [1.54, 1.807) is 30.1 Å². The Labute approximate surface area is 198 Å². The summed E-state index contributed by atoms with van der Waals surface area (Å²) in [4.78, 5) is 29.1. The third-order valence-electron chi connectivity index (χ3n) is 6.13. The molecule has 0 bridgehead atoms. The number of fused-ring (bicyclic) bond motifs is 2. The zero-order chi connectivity index (χ0) is 23.9. The minimum absolute atomic E-state index is 0.339. The molecule has 4 rings (SSSR count). The van der Waals surface area contributed by atoms with Crippen LogP contribution >= 0.6 is 0 Å². The van der Waals surface area contributed by atoms with Crippen LogP contribution in [0.3, 0.4) is 0 Å². The summed E-state index contributed by atoms with van der Waals surface area (Å²) in [6.07, 6.45) is 6.27. The number of hydrogen-bond donors (Lipinski definition) is 3. The topological polar surface area (TPSA) is 118 Å². The number of hydrogen-bond acceptors (Lipinski definition) is 6. The molecule has 0 fully saturated rings. The second kappa shape index (κ2) is 11.1. The van der Waals surface area contributed by atoms with Crippen molar-refractivity contribution in [2.45, 2.75) is 44.6 Å². The second-order valence-corrected chi connectivity index (χ2v) is 8.57. The lowest BCUT2D eigenvalue weighted by molar-refractivity contribution is -0.139. The van der Waals surface area contributed by atoms with Crippen molar-refractivity contribution in [1.29, 1.82) is 0 Å². The number of carbonyl (C=O) groups is 2. The van der Waals surface area contributed by atoms with Crippen LogP contribution in [0.25, 0.3) is 10.9 Å². The summed E-state index contributed by atoms with van der Waals surface area (Å²) in [5.41, 5.74) is 3.52. The third-order valence-corrected chi connectivity index (χ3v) is 6.13. The summed E-state index contributed by atoms with van der Waals surface area (Å²) < 4.78 is 7.40. The van der Waals surface area contributed by atoms with E-state index in [0.29, 0.717) is 37.0 Å². The second-order valence-electron chi connectivity index (χ2n) is 8.57. The van der Waals surface area contributed by atoms with Crippen LogP contribution in [0.2, 0.25) is 0 Å². The lowest BCUT2D eigenvalue weighted by Gasteiger charge is -2.17. The van der Waals surface area contributed by atoms with E-state index >= 15 is 0 Å². The highest BCUT2D eigenvalue weighted by atomic mass is 16.5. The summed E-state index contributed by atoms with van der Waals surface area (Å²) in [5.74, 6) is -0.459. The number of aryl methyl sites for hydroxylation is 2. The molecular weight excluding hydrogens is 434 g/mol. The summed E-state index contributed by atoms with van der Waals surface area (Å²) in [6.45, 7) is 2.08. The highest BCUT2D eigenvalue weighted by Gasteiger charge is 2.22. The van der Waals surface area contributed by atoms with Gasteiger partial charge in [0.05, 0.1) is 23.9 Å². The number of benzene rings is 1. The average Bonchev–Trinajstić information content (AvgIpc) is 3.23. The van der Waals surface area contributed by atoms with Gasteiger partial charge in [0.15, 0.2) is 0 Å². The van der Waals surface area contributed by atoms with Crippen molar-refractivity contribution in [1.82, 2.24) is 20.1 Å². The summed E-state index contributed by atoms with van der Waals surface area (Å²) in [7, 11) is 1.80. The largest absolute Gasteiger partial charge is 0.480 e. The van der Waals surface area contributed by atoms with Crippen molar-refractivity contribution >= 4 is 28.6 Å². The Balaban J connectivity index is 1.18. The van der Waals surface area contributed by atoms with Gasteiger partial charge < -0.3 is 20.5 Å². The molecule has 3 N–H and O–H groups in total. The number of anilines is 1. The maximum absolute atomic E-state index is 12.7. The van der Waals surface area contributed by atoms with E-state index in [1.165, 1.54) is 5.56 Å². The Kier molecular flexibility index (Phi) is 7.74. The Morgan fingerprint density at radius 2 is 2.12 bits per heavy atom. The number of carbonyl (C=O) groups excluding carboxylic acids is 1. The molecule has 1 amide bonds. The molecule has 1 aliphatic heterocycles. The molecule has 1 aliphatic rings. The van der Waals surface area contributed by atoms with Gasteiger partial charge in [0.2, 0.25) is 0 Å². The highest BCUT2D eigenvalue weighted by Crippen LogP contribution is 2.20. The Bertz CT molecular complexity index is 1160. The molecule has 1 aromatic carbocycles. The number of aliphatic carboxylic acids is 1. The normalized spacial score (nSPS) is 13.8. The Morgan fingerprint density at radius 3 is 2.97 bits per heavy atom. The number of nitrogens with one attached hydrogen (secondary N) is 2. The fourth-order valence-electron chi connectivity index (χ4n) is 4.21. The van der Waals surface area contributed by atoms with Gasteiger partial charge in [0, 0.05) is 37.7 Å². The van der Waals surface area contributed by atoms with E-state index in [0.717, 1.165) is 49.3 Å². The molecule has 34 heavy (non-hydrogen) atoms. The molecule has 0 spiro atoms. The first-order chi connectivity index (χ1) is 16.5. The molecule has 0 aliphatic carbocycles. The smallest absolute Gasteiger partial charge is 0.326 e. The van der Waals surface area contributed by atoms with Crippen molar-refractivity contribution in [2.24, 2.45) is 7.05 Å². The molecule has 9 nitrogen and oxygen atoms in total. The van der Waals surface area contributed by atoms with Gasteiger partial charge in [-0.3, -0.25) is 9.48 Å². The Hall–Kier alpha value is -3.46. The maximum atomic E-state index is 12.7. The summed E-state index contributed by atoms with van der Waals surface area (Å²) >= 11 is 0. The van der Waals surface area contributed by atoms with Gasteiger partial charge in [-0.15, -0.1) is 0 Å². The van der Waals surface area contributed by atoms with Crippen molar-refractivity contribution < 1.29 is 19.4 Å². The molecule has 1 unspecified atom stereocenters. The molecule has 0 saturated heterocycles. The van der Waals surface area contributed by atoms with Gasteiger partial charge in [0.1, 0.15) is 11.9 Å².